The maximum absolute atomic E-state index is 13.4. The number of ether oxygens (including phenoxy) is 6. The van der Waals surface area contributed by atoms with Crippen LogP contribution in [0.5, 0.6) is 0 Å². The maximum atomic E-state index is 13.4. The Balaban J connectivity index is 1.53. The Bertz CT molecular complexity index is 1580. The number of aliphatic hydroxyl groups is 1. The smallest absolute Gasteiger partial charge is 0.338 e. The van der Waals surface area contributed by atoms with Crippen molar-refractivity contribution in [3.63, 3.8) is 0 Å². The monoisotopic (exact) mass is 640 g/mol. The summed E-state index contributed by atoms with van der Waals surface area (Å²) >= 11 is 0. The van der Waals surface area contributed by atoms with Gasteiger partial charge < -0.3 is 33.5 Å². The molecule has 4 aromatic carbocycles. The molecule has 1 aliphatic rings. The summed E-state index contributed by atoms with van der Waals surface area (Å²) in [6, 6.07) is 32.1. The van der Waals surface area contributed by atoms with E-state index in [4.69, 9.17) is 28.4 Å². The van der Waals surface area contributed by atoms with Crippen LogP contribution < -0.4 is 0 Å². The van der Waals surface area contributed by atoms with E-state index in [2.05, 4.69) is 0 Å². The molecule has 11 nitrogen and oxygen atoms in total. The van der Waals surface area contributed by atoms with Gasteiger partial charge in [-0.25, -0.2) is 19.2 Å². The molecule has 11 heteroatoms. The third kappa shape index (κ3) is 8.27. The molecule has 1 heterocycles. The van der Waals surface area contributed by atoms with Crippen molar-refractivity contribution in [3.8, 4) is 0 Å². The average molecular weight is 641 g/mol. The number of methoxy groups -OCH3 is 1. The zero-order valence-electron chi connectivity index (χ0n) is 25.2. The molecule has 0 spiro atoms. The Hall–Kier alpha value is -5.36. The van der Waals surface area contributed by atoms with Gasteiger partial charge in [-0.2, -0.15) is 0 Å². The van der Waals surface area contributed by atoms with Gasteiger partial charge in [0.1, 0.15) is 18.8 Å². The minimum atomic E-state index is -1.86. The van der Waals surface area contributed by atoms with Crippen LogP contribution in [0.4, 0.5) is 0 Å². The first-order valence-electron chi connectivity index (χ1n) is 14.7. The normalized spacial score (nSPS) is 22.3. The van der Waals surface area contributed by atoms with Crippen LogP contribution in [-0.4, -0.2) is 79.5 Å². The molecule has 0 radical (unpaired) electrons. The quantitative estimate of drug-likeness (QED) is 0.196. The molecule has 0 bridgehead atoms. The fourth-order valence-electron chi connectivity index (χ4n) is 4.92. The van der Waals surface area contributed by atoms with Crippen molar-refractivity contribution in [1.82, 2.24) is 0 Å². The van der Waals surface area contributed by atoms with Crippen LogP contribution in [0.15, 0.2) is 121 Å². The molecule has 6 atom stereocenters. The highest BCUT2D eigenvalue weighted by molar-refractivity contribution is 5.91. The van der Waals surface area contributed by atoms with E-state index in [9.17, 15) is 24.3 Å². The lowest BCUT2D eigenvalue weighted by molar-refractivity contribution is -0.222. The van der Waals surface area contributed by atoms with E-state index in [-0.39, 0.29) is 22.3 Å². The van der Waals surface area contributed by atoms with Gasteiger partial charge in [-0.05, 0) is 48.5 Å². The predicted molar refractivity (Wildman–Crippen MR) is 165 cm³/mol. The number of aliphatic hydroxyl groups excluding tert-OH is 1. The lowest BCUT2D eigenvalue weighted by atomic mass is 9.99. The number of esters is 4. The fourth-order valence-corrected chi connectivity index (χ4v) is 4.92. The van der Waals surface area contributed by atoms with Gasteiger partial charge in [0.2, 0.25) is 0 Å². The standard InChI is InChI=1S/C36H32O11/c1-42-36-31(47-35(41)26-20-12-5-13-21-26)28(37)30(46-34(40)25-18-10-4-11-19-25)29(45-33(39)24-16-8-3-9-17-24)27(44-36)22-43-32(38)23-14-6-2-7-15-23/h2-21,27-31,36-37H,22H2,1H3/t27-,28-,29-,30-,31-,36-/m1/s1. The maximum Gasteiger partial charge on any atom is 0.338 e. The molecular weight excluding hydrogens is 608 g/mol. The molecule has 0 saturated carbocycles. The van der Waals surface area contributed by atoms with Gasteiger partial charge in [0.25, 0.3) is 0 Å². The molecule has 1 N–H and O–H groups in total. The van der Waals surface area contributed by atoms with E-state index in [0.29, 0.717) is 0 Å². The van der Waals surface area contributed by atoms with Gasteiger partial charge in [0.05, 0.1) is 22.3 Å². The Morgan fingerprint density at radius 3 is 1.32 bits per heavy atom. The van der Waals surface area contributed by atoms with Gasteiger partial charge in [0, 0.05) is 7.11 Å². The second kappa shape index (κ2) is 15.8. The molecule has 1 aliphatic heterocycles. The number of hydrogen-bond acceptors (Lipinski definition) is 11. The minimum Gasteiger partial charge on any atom is -0.459 e. The van der Waals surface area contributed by atoms with Crippen molar-refractivity contribution in [2.75, 3.05) is 13.7 Å². The highest BCUT2D eigenvalue weighted by Crippen LogP contribution is 2.30. The van der Waals surface area contributed by atoms with E-state index in [1.165, 1.54) is 43.5 Å². The first-order valence-corrected chi connectivity index (χ1v) is 14.7. The van der Waals surface area contributed by atoms with Crippen LogP contribution in [-0.2, 0) is 28.4 Å². The van der Waals surface area contributed by atoms with Crippen LogP contribution in [0.1, 0.15) is 41.4 Å². The summed E-state index contributed by atoms with van der Waals surface area (Å²) < 4.78 is 34.6. The fraction of sp³-hybridized carbons (Fsp3) is 0.222. The van der Waals surface area contributed by atoms with Crippen LogP contribution in [0.25, 0.3) is 0 Å². The van der Waals surface area contributed by atoms with Crippen LogP contribution in [0, 0.1) is 0 Å². The first-order chi connectivity index (χ1) is 22.9. The molecule has 4 aromatic rings. The summed E-state index contributed by atoms with van der Waals surface area (Å²) in [5, 5.41) is 11.8. The summed E-state index contributed by atoms with van der Waals surface area (Å²) in [7, 11) is 1.25. The van der Waals surface area contributed by atoms with Gasteiger partial charge in [0.15, 0.2) is 24.6 Å². The highest BCUT2D eigenvalue weighted by Gasteiger charge is 2.52. The average Bonchev–Trinajstić information content (AvgIpc) is 3.22. The van der Waals surface area contributed by atoms with E-state index in [0.717, 1.165) is 0 Å². The molecular formula is C36H32O11. The molecule has 0 unspecified atom stereocenters. The van der Waals surface area contributed by atoms with Crippen LogP contribution in [0.3, 0.4) is 0 Å². The molecule has 47 heavy (non-hydrogen) atoms. The van der Waals surface area contributed by atoms with Crippen LogP contribution >= 0.6 is 0 Å². The third-order valence-corrected chi connectivity index (χ3v) is 7.32. The SMILES string of the molecule is CO[C@@H]1O[C@H](COC(=O)c2ccccc2)[C@@H](OC(=O)c2ccccc2)[C@H](OC(=O)c2ccccc2)[C@@H](O)[C@H]1OC(=O)c1ccccc1. The zero-order valence-corrected chi connectivity index (χ0v) is 25.2. The zero-order chi connectivity index (χ0) is 33.2. The third-order valence-electron chi connectivity index (χ3n) is 7.32. The topological polar surface area (TPSA) is 144 Å². The lowest BCUT2D eigenvalue weighted by Gasteiger charge is -2.32. The Labute approximate surface area is 270 Å². The molecule has 1 saturated heterocycles. The lowest BCUT2D eigenvalue weighted by Crippen LogP contribution is -2.53. The van der Waals surface area contributed by atoms with E-state index in [1.807, 2.05) is 0 Å². The molecule has 5 rings (SSSR count). The Morgan fingerprint density at radius 2 is 0.915 bits per heavy atom. The van der Waals surface area contributed by atoms with E-state index in [1.54, 1.807) is 84.9 Å². The predicted octanol–water partition coefficient (Wildman–Crippen LogP) is 4.25. The summed E-state index contributed by atoms with van der Waals surface area (Å²) in [5.41, 5.74) is 0.682. The van der Waals surface area contributed by atoms with Crippen molar-refractivity contribution < 1.29 is 52.7 Å². The number of rotatable bonds is 10. The van der Waals surface area contributed by atoms with Crippen molar-refractivity contribution in [2.24, 2.45) is 0 Å². The molecule has 242 valence electrons. The van der Waals surface area contributed by atoms with Crippen molar-refractivity contribution in [1.29, 1.82) is 0 Å². The number of hydrogen-bond donors (Lipinski definition) is 1. The van der Waals surface area contributed by atoms with Gasteiger partial charge in [-0.1, -0.05) is 72.8 Å². The molecule has 0 aliphatic carbocycles. The van der Waals surface area contributed by atoms with Crippen molar-refractivity contribution in [3.05, 3.63) is 144 Å². The number of carbonyl (C=O) groups is 4. The van der Waals surface area contributed by atoms with Crippen molar-refractivity contribution >= 4 is 23.9 Å². The second-order valence-electron chi connectivity index (χ2n) is 10.4. The minimum absolute atomic E-state index is 0.131. The summed E-state index contributed by atoms with van der Waals surface area (Å²) in [4.78, 5) is 52.9. The first kappa shape index (κ1) is 33.0. The largest absolute Gasteiger partial charge is 0.459 e. The second-order valence-corrected chi connectivity index (χ2v) is 10.4. The Kier molecular flexibility index (Phi) is 11.1. The summed E-state index contributed by atoms with van der Waals surface area (Å²) in [6.45, 7) is -0.536. The summed E-state index contributed by atoms with van der Waals surface area (Å²) in [5.74, 6) is -3.27. The van der Waals surface area contributed by atoms with Gasteiger partial charge in [-0.15, -0.1) is 0 Å². The molecule has 0 amide bonds. The van der Waals surface area contributed by atoms with E-state index >= 15 is 0 Å². The van der Waals surface area contributed by atoms with Crippen LogP contribution in [0.2, 0.25) is 0 Å². The molecule has 0 aromatic heterocycles. The summed E-state index contributed by atoms with van der Waals surface area (Å²) in [6.07, 6.45) is -9.63. The van der Waals surface area contributed by atoms with Crippen molar-refractivity contribution in [2.45, 2.75) is 36.8 Å². The van der Waals surface area contributed by atoms with Gasteiger partial charge >= 0.3 is 23.9 Å². The highest BCUT2D eigenvalue weighted by atomic mass is 16.7. The van der Waals surface area contributed by atoms with E-state index < -0.39 is 67.3 Å². The van der Waals surface area contributed by atoms with Gasteiger partial charge in [-0.3, -0.25) is 0 Å². The number of benzene rings is 4. The Morgan fingerprint density at radius 1 is 0.553 bits per heavy atom. The molecule has 1 fully saturated rings. The number of carbonyl (C=O) groups excluding carboxylic acids is 4.